The molecule has 0 aliphatic carbocycles. The predicted octanol–water partition coefficient (Wildman–Crippen LogP) is 5.78. The van der Waals surface area contributed by atoms with Crippen molar-refractivity contribution in [3.63, 3.8) is 0 Å². The fourth-order valence-corrected chi connectivity index (χ4v) is 3.09. The van der Waals surface area contributed by atoms with Crippen molar-refractivity contribution in [2.75, 3.05) is 26.2 Å². The minimum absolute atomic E-state index is 0.146. The third-order valence-electron chi connectivity index (χ3n) is 4.82. The summed E-state index contributed by atoms with van der Waals surface area (Å²) in [5, 5.41) is 0. The molecule has 35 heavy (non-hydrogen) atoms. The molecule has 0 aliphatic rings. The highest BCUT2D eigenvalue weighted by Crippen LogP contribution is 2.43. The summed E-state index contributed by atoms with van der Waals surface area (Å²) in [6.45, 7) is 0.707. The predicted molar refractivity (Wildman–Crippen MR) is 126 cm³/mol. The molecule has 0 aliphatic heterocycles. The van der Waals surface area contributed by atoms with Crippen LogP contribution in [0.25, 0.3) is 0 Å². The van der Waals surface area contributed by atoms with Crippen LogP contribution in [0.4, 0.5) is 19.1 Å². The molecule has 0 spiro atoms. The first kappa shape index (κ1) is 26.5. The van der Waals surface area contributed by atoms with E-state index < -0.39 is 16.4 Å². The number of anilines is 1. The van der Waals surface area contributed by atoms with Crippen LogP contribution in [0.5, 0.6) is 23.1 Å². The summed E-state index contributed by atoms with van der Waals surface area (Å²) in [5.41, 5.74) is 1.81. The van der Waals surface area contributed by atoms with Gasteiger partial charge < -0.3 is 23.8 Å². The van der Waals surface area contributed by atoms with Gasteiger partial charge in [-0.1, -0.05) is 47.5 Å². The van der Waals surface area contributed by atoms with E-state index in [4.69, 9.17) is 37.4 Å². The summed E-state index contributed by atoms with van der Waals surface area (Å²) < 4.78 is 57.0. The first-order valence-corrected chi connectivity index (χ1v) is 10.9. The summed E-state index contributed by atoms with van der Waals surface area (Å²) in [6, 6.07) is 14.7. The number of hydrogen-bond acceptors (Lipinski definition) is 7. The Hall–Kier alpha value is -3.11. The second-order valence-electron chi connectivity index (χ2n) is 7.21. The molecule has 3 aromatic rings. The normalized spacial score (nSPS) is 11.7. The van der Waals surface area contributed by atoms with Gasteiger partial charge in [-0.3, -0.25) is 0 Å². The van der Waals surface area contributed by atoms with Crippen molar-refractivity contribution in [3.05, 3.63) is 65.9 Å². The zero-order valence-electron chi connectivity index (χ0n) is 19.0. The molecule has 0 radical (unpaired) electrons. The van der Waals surface area contributed by atoms with E-state index in [2.05, 4.69) is 14.7 Å². The molecule has 0 saturated carbocycles. The van der Waals surface area contributed by atoms with Crippen LogP contribution < -0.4 is 23.8 Å². The molecule has 0 saturated heterocycles. The van der Waals surface area contributed by atoms with Crippen LogP contribution in [0.15, 0.2) is 54.7 Å². The fraction of sp³-hybridized carbons (Fsp3) is 0.304. The Bertz CT molecular complexity index is 1060. The standard InChI is InChI=1S/C23H22Cl2F3N3O4/c1-32-17-8-4-15(5-9-17)13-31(14-16-6-10-18(33-2)11-7-16)21-29-12-19(20(30-21)34-3)35-23(27,28)22(24,25)26/h4-12H,13-14H2,1-3H3. The zero-order chi connectivity index (χ0) is 25.6. The van der Waals surface area contributed by atoms with Crippen LogP contribution in [0.2, 0.25) is 0 Å². The van der Waals surface area contributed by atoms with Crippen molar-refractivity contribution < 1.29 is 32.1 Å². The smallest absolute Gasteiger partial charge is 0.463 e. The van der Waals surface area contributed by atoms with E-state index >= 15 is 0 Å². The van der Waals surface area contributed by atoms with Crippen LogP contribution in [0.1, 0.15) is 11.1 Å². The van der Waals surface area contributed by atoms with Gasteiger partial charge in [0.05, 0.1) is 27.5 Å². The second kappa shape index (κ2) is 11.1. The minimum atomic E-state index is -4.58. The monoisotopic (exact) mass is 531 g/mol. The second-order valence-corrected chi connectivity index (χ2v) is 8.45. The molecule has 1 heterocycles. The van der Waals surface area contributed by atoms with Gasteiger partial charge in [-0.15, -0.1) is 0 Å². The van der Waals surface area contributed by atoms with Crippen LogP contribution >= 0.6 is 23.2 Å². The fourth-order valence-electron chi connectivity index (χ4n) is 3.01. The van der Waals surface area contributed by atoms with Crippen molar-refractivity contribution in [1.29, 1.82) is 0 Å². The van der Waals surface area contributed by atoms with Gasteiger partial charge in [-0.2, -0.15) is 18.2 Å². The van der Waals surface area contributed by atoms with E-state index in [1.807, 2.05) is 48.5 Å². The molecule has 7 nitrogen and oxygen atoms in total. The molecule has 12 heteroatoms. The Balaban J connectivity index is 1.94. The third-order valence-corrected chi connectivity index (χ3v) is 5.26. The first-order chi connectivity index (χ1) is 16.6. The molecule has 188 valence electrons. The molecule has 3 rings (SSSR count). The molecule has 0 fully saturated rings. The molecular formula is C23H22Cl2F3N3O4. The maximum Gasteiger partial charge on any atom is 0.463 e. The van der Waals surface area contributed by atoms with Gasteiger partial charge >= 0.3 is 10.7 Å². The highest BCUT2D eigenvalue weighted by atomic mass is 35.5. The van der Waals surface area contributed by atoms with Crippen molar-refractivity contribution in [2.45, 2.75) is 23.8 Å². The van der Waals surface area contributed by atoms with E-state index in [9.17, 15) is 13.2 Å². The maximum atomic E-state index is 13.9. The molecule has 0 amide bonds. The summed E-state index contributed by atoms with van der Waals surface area (Å²) in [5.74, 6) is 0.532. The van der Waals surface area contributed by atoms with Crippen LogP contribution in [0.3, 0.4) is 0 Å². The summed E-state index contributed by atoms with van der Waals surface area (Å²) in [6.07, 6.45) is -3.65. The Kier molecular flexibility index (Phi) is 8.39. The topological polar surface area (TPSA) is 65.9 Å². The molecular weight excluding hydrogens is 510 g/mol. The average molecular weight is 532 g/mol. The SMILES string of the molecule is COc1ccc(CN(Cc2ccc(OC)cc2)c2ncc(OC(F)(F)C(F)(Cl)Cl)c(OC)n2)cc1. The van der Waals surface area contributed by atoms with E-state index in [0.29, 0.717) is 24.6 Å². The average Bonchev–Trinajstić information content (AvgIpc) is 2.84. The number of methoxy groups -OCH3 is 3. The summed E-state index contributed by atoms with van der Waals surface area (Å²) >= 11 is 9.78. The van der Waals surface area contributed by atoms with Gasteiger partial charge in [0.1, 0.15) is 11.5 Å². The lowest BCUT2D eigenvalue weighted by Crippen LogP contribution is -2.40. The number of nitrogens with zero attached hydrogens (tertiary/aromatic N) is 3. The number of aromatic nitrogens is 2. The minimum Gasteiger partial charge on any atom is -0.497 e. The number of hydrogen-bond donors (Lipinski definition) is 0. The molecule has 1 aromatic heterocycles. The molecule has 0 atom stereocenters. The Labute approximate surface area is 210 Å². The van der Waals surface area contributed by atoms with Crippen molar-refractivity contribution in [2.24, 2.45) is 0 Å². The van der Waals surface area contributed by atoms with Gasteiger partial charge in [0, 0.05) is 13.1 Å². The van der Waals surface area contributed by atoms with Gasteiger partial charge in [0.2, 0.25) is 11.7 Å². The van der Waals surface area contributed by atoms with Gasteiger partial charge in [-0.25, -0.2) is 4.98 Å². The van der Waals surface area contributed by atoms with E-state index in [-0.39, 0.29) is 11.8 Å². The summed E-state index contributed by atoms with van der Waals surface area (Å²) in [7, 11) is 4.33. The van der Waals surface area contributed by atoms with Crippen LogP contribution in [0, 0.1) is 0 Å². The number of benzene rings is 2. The highest BCUT2D eigenvalue weighted by molar-refractivity contribution is 6.47. The Morgan fingerprint density at radius 1 is 0.800 bits per heavy atom. The highest BCUT2D eigenvalue weighted by Gasteiger charge is 2.56. The van der Waals surface area contributed by atoms with Crippen LogP contribution in [-0.4, -0.2) is 42.0 Å². The van der Waals surface area contributed by atoms with Crippen molar-refractivity contribution in [1.82, 2.24) is 9.97 Å². The molecule has 0 bridgehead atoms. The van der Waals surface area contributed by atoms with Gasteiger partial charge in [0.15, 0.2) is 0 Å². The zero-order valence-corrected chi connectivity index (χ0v) is 20.5. The molecule has 0 N–H and O–H groups in total. The lowest BCUT2D eigenvalue weighted by Gasteiger charge is -2.25. The number of halogens is 5. The third kappa shape index (κ3) is 6.73. The number of rotatable bonds is 11. The quantitative estimate of drug-likeness (QED) is 0.290. The lowest BCUT2D eigenvalue weighted by molar-refractivity contribution is -0.212. The Morgan fingerprint density at radius 2 is 1.29 bits per heavy atom. The summed E-state index contributed by atoms with van der Waals surface area (Å²) in [4.78, 5) is 10.1. The number of ether oxygens (including phenoxy) is 4. The van der Waals surface area contributed by atoms with Gasteiger partial charge in [-0.05, 0) is 35.4 Å². The van der Waals surface area contributed by atoms with E-state index in [1.165, 1.54) is 7.11 Å². The largest absolute Gasteiger partial charge is 0.497 e. The molecule has 0 unspecified atom stereocenters. The van der Waals surface area contributed by atoms with Crippen molar-refractivity contribution in [3.8, 4) is 23.1 Å². The first-order valence-electron chi connectivity index (χ1n) is 10.1. The lowest BCUT2D eigenvalue weighted by atomic mass is 10.1. The van der Waals surface area contributed by atoms with Gasteiger partial charge in [0.25, 0.3) is 5.88 Å². The van der Waals surface area contributed by atoms with E-state index in [1.54, 1.807) is 19.1 Å². The Morgan fingerprint density at radius 3 is 1.69 bits per heavy atom. The maximum absolute atomic E-state index is 13.9. The molecule has 2 aromatic carbocycles. The van der Waals surface area contributed by atoms with E-state index in [0.717, 1.165) is 17.3 Å². The van der Waals surface area contributed by atoms with Crippen LogP contribution in [-0.2, 0) is 13.1 Å². The van der Waals surface area contributed by atoms with Crippen molar-refractivity contribution >= 4 is 29.2 Å². The number of alkyl halides is 5.